The predicted molar refractivity (Wildman–Crippen MR) is 113 cm³/mol. The standard InChI is InChI=1S/C22H21ClN4O2/c23-17-7-5-16(6-8-17)20(28)9-10-22(29)27-13-11-26(12-14-27)21-15-24-18-3-1-2-4-19(18)25-21/h1-8,15H,9-14H2. The van der Waals surface area contributed by atoms with Gasteiger partial charge in [0.05, 0.1) is 17.2 Å². The van der Waals surface area contributed by atoms with Gasteiger partial charge in [-0.1, -0.05) is 23.7 Å². The van der Waals surface area contributed by atoms with Gasteiger partial charge in [-0.05, 0) is 36.4 Å². The van der Waals surface area contributed by atoms with Crippen molar-refractivity contribution >= 4 is 40.1 Å². The van der Waals surface area contributed by atoms with Crippen molar-refractivity contribution in [2.75, 3.05) is 31.1 Å². The first-order valence-corrected chi connectivity index (χ1v) is 10.0. The van der Waals surface area contributed by atoms with Crippen molar-refractivity contribution in [2.24, 2.45) is 0 Å². The number of piperazine rings is 1. The van der Waals surface area contributed by atoms with Crippen LogP contribution in [0.2, 0.25) is 5.02 Å². The number of amides is 1. The van der Waals surface area contributed by atoms with Gasteiger partial charge < -0.3 is 9.80 Å². The maximum absolute atomic E-state index is 12.5. The van der Waals surface area contributed by atoms with Crippen molar-refractivity contribution in [2.45, 2.75) is 12.8 Å². The largest absolute Gasteiger partial charge is 0.352 e. The summed E-state index contributed by atoms with van der Waals surface area (Å²) in [7, 11) is 0. The molecule has 0 unspecified atom stereocenters. The van der Waals surface area contributed by atoms with E-state index in [2.05, 4.69) is 14.9 Å². The lowest BCUT2D eigenvalue weighted by molar-refractivity contribution is -0.131. The molecule has 2 heterocycles. The smallest absolute Gasteiger partial charge is 0.223 e. The van der Waals surface area contributed by atoms with E-state index in [9.17, 15) is 9.59 Å². The monoisotopic (exact) mass is 408 g/mol. The second-order valence-electron chi connectivity index (χ2n) is 7.01. The van der Waals surface area contributed by atoms with Crippen LogP contribution in [0.4, 0.5) is 5.82 Å². The third-order valence-electron chi connectivity index (χ3n) is 5.12. The number of nitrogens with zero attached hydrogens (tertiary/aromatic N) is 4. The SMILES string of the molecule is O=C(CCC(=O)N1CCN(c2cnc3ccccc3n2)CC1)c1ccc(Cl)cc1. The molecule has 148 valence electrons. The minimum Gasteiger partial charge on any atom is -0.352 e. The Morgan fingerprint density at radius 3 is 2.31 bits per heavy atom. The second kappa shape index (κ2) is 8.57. The number of para-hydroxylation sites is 2. The fraction of sp³-hybridized carbons (Fsp3) is 0.273. The van der Waals surface area contributed by atoms with Crippen molar-refractivity contribution in [3.63, 3.8) is 0 Å². The van der Waals surface area contributed by atoms with Crippen LogP contribution >= 0.6 is 11.6 Å². The molecule has 0 radical (unpaired) electrons. The third kappa shape index (κ3) is 4.54. The van der Waals surface area contributed by atoms with Crippen molar-refractivity contribution in [3.05, 3.63) is 65.3 Å². The summed E-state index contributed by atoms with van der Waals surface area (Å²) in [6.07, 6.45) is 2.21. The van der Waals surface area contributed by atoms with Gasteiger partial charge >= 0.3 is 0 Å². The van der Waals surface area contributed by atoms with Gasteiger partial charge in [-0.2, -0.15) is 0 Å². The van der Waals surface area contributed by atoms with E-state index < -0.39 is 0 Å². The molecule has 0 bridgehead atoms. The molecule has 2 aromatic carbocycles. The van der Waals surface area contributed by atoms with Gasteiger partial charge in [0, 0.05) is 49.6 Å². The highest BCUT2D eigenvalue weighted by Gasteiger charge is 2.22. The lowest BCUT2D eigenvalue weighted by Crippen LogP contribution is -2.49. The first-order chi connectivity index (χ1) is 14.1. The van der Waals surface area contributed by atoms with Crippen LogP contribution < -0.4 is 4.90 Å². The number of carbonyl (C=O) groups excluding carboxylic acids is 2. The van der Waals surface area contributed by atoms with E-state index in [-0.39, 0.29) is 24.5 Å². The summed E-state index contributed by atoms with van der Waals surface area (Å²) in [6.45, 7) is 2.62. The number of hydrogen-bond donors (Lipinski definition) is 0. The molecular weight excluding hydrogens is 388 g/mol. The van der Waals surface area contributed by atoms with Crippen LogP contribution in [0.25, 0.3) is 11.0 Å². The van der Waals surface area contributed by atoms with Crippen molar-refractivity contribution < 1.29 is 9.59 Å². The van der Waals surface area contributed by atoms with E-state index in [1.807, 2.05) is 29.2 Å². The molecule has 1 amide bonds. The Kier molecular flexibility index (Phi) is 5.71. The molecule has 1 saturated heterocycles. The number of hydrogen-bond acceptors (Lipinski definition) is 5. The predicted octanol–water partition coefficient (Wildman–Crippen LogP) is 3.59. The van der Waals surface area contributed by atoms with Gasteiger partial charge in [-0.3, -0.25) is 14.6 Å². The van der Waals surface area contributed by atoms with Crippen molar-refractivity contribution in [1.29, 1.82) is 0 Å². The maximum atomic E-state index is 12.5. The summed E-state index contributed by atoms with van der Waals surface area (Å²) in [5.74, 6) is 0.797. The van der Waals surface area contributed by atoms with Gasteiger partial charge in [0.1, 0.15) is 5.82 Å². The second-order valence-corrected chi connectivity index (χ2v) is 7.45. The van der Waals surface area contributed by atoms with Crippen LogP contribution in [-0.2, 0) is 4.79 Å². The Morgan fingerprint density at radius 1 is 0.897 bits per heavy atom. The summed E-state index contributed by atoms with van der Waals surface area (Å²) < 4.78 is 0. The summed E-state index contributed by atoms with van der Waals surface area (Å²) in [4.78, 5) is 37.9. The van der Waals surface area contributed by atoms with E-state index >= 15 is 0 Å². The normalized spacial score (nSPS) is 14.2. The number of anilines is 1. The zero-order valence-electron chi connectivity index (χ0n) is 15.9. The molecule has 0 aliphatic carbocycles. The summed E-state index contributed by atoms with van der Waals surface area (Å²) >= 11 is 5.85. The Hall–Kier alpha value is -2.99. The number of ketones is 1. The molecular formula is C22H21ClN4O2. The van der Waals surface area contributed by atoms with Crippen LogP contribution in [0.5, 0.6) is 0 Å². The van der Waals surface area contributed by atoms with Crippen LogP contribution in [-0.4, -0.2) is 52.7 Å². The average Bonchev–Trinajstić information content (AvgIpc) is 2.77. The summed E-state index contributed by atoms with van der Waals surface area (Å²) in [6, 6.07) is 14.5. The number of fused-ring (bicyclic) bond motifs is 1. The fourth-order valence-corrected chi connectivity index (χ4v) is 3.57. The van der Waals surface area contributed by atoms with Crippen molar-refractivity contribution in [3.8, 4) is 0 Å². The van der Waals surface area contributed by atoms with Gasteiger partial charge in [0.25, 0.3) is 0 Å². The lowest BCUT2D eigenvalue weighted by atomic mass is 10.1. The number of aromatic nitrogens is 2. The topological polar surface area (TPSA) is 66.4 Å². The van der Waals surface area contributed by atoms with Crippen molar-refractivity contribution in [1.82, 2.24) is 14.9 Å². The van der Waals surface area contributed by atoms with E-state index in [1.165, 1.54) is 0 Å². The highest BCUT2D eigenvalue weighted by Crippen LogP contribution is 2.18. The fourth-order valence-electron chi connectivity index (χ4n) is 3.44. The first-order valence-electron chi connectivity index (χ1n) is 9.63. The molecule has 1 aliphatic rings. The van der Waals surface area contributed by atoms with E-state index in [0.29, 0.717) is 36.8 Å². The van der Waals surface area contributed by atoms with Crippen LogP contribution in [0.15, 0.2) is 54.7 Å². The molecule has 1 aromatic heterocycles. The number of carbonyl (C=O) groups is 2. The van der Waals surface area contributed by atoms with Gasteiger partial charge in [0.2, 0.25) is 5.91 Å². The molecule has 0 saturated carbocycles. The van der Waals surface area contributed by atoms with E-state index in [1.54, 1.807) is 30.5 Å². The summed E-state index contributed by atoms with van der Waals surface area (Å²) in [5.41, 5.74) is 2.32. The quantitative estimate of drug-likeness (QED) is 0.603. The lowest BCUT2D eigenvalue weighted by Gasteiger charge is -2.35. The number of halogens is 1. The molecule has 7 heteroatoms. The molecule has 0 N–H and O–H groups in total. The molecule has 0 atom stereocenters. The number of rotatable bonds is 5. The molecule has 4 rings (SSSR count). The Balaban J connectivity index is 1.30. The minimum absolute atomic E-state index is 0.0107. The first kappa shape index (κ1) is 19.3. The molecule has 3 aromatic rings. The van der Waals surface area contributed by atoms with E-state index in [4.69, 9.17) is 11.6 Å². The Morgan fingerprint density at radius 2 is 1.59 bits per heavy atom. The third-order valence-corrected chi connectivity index (χ3v) is 5.38. The zero-order chi connectivity index (χ0) is 20.2. The van der Waals surface area contributed by atoms with Crippen LogP contribution in [0.3, 0.4) is 0 Å². The molecule has 1 fully saturated rings. The van der Waals surface area contributed by atoms with Gasteiger partial charge in [-0.25, -0.2) is 4.98 Å². The Labute approximate surface area is 174 Å². The highest BCUT2D eigenvalue weighted by atomic mass is 35.5. The van der Waals surface area contributed by atoms with Crippen LogP contribution in [0.1, 0.15) is 23.2 Å². The molecule has 6 nitrogen and oxygen atoms in total. The van der Waals surface area contributed by atoms with Gasteiger partial charge in [-0.15, -0.1) is 0 Å². The minimum atomic E-state index is -0.0416. The maximum Gasteiger partial charge on any atom is 0.223 e. The Bertz CT molecular complexity index is 1030. The molecule has 0 spiro atoms. The van der Waals surface area contributed by atoms with Gasteiger partial charge in [0.15, 0.2) is 5.78 Å². The number of Topliss-reactive ketones (excluding diaryl/α,β-unsaturated/α-hetero) is 1. The average molecular weight is 409 g/mol. The van der Waals surface area contributed by atoms with E-state index in [0.717, 1.165) is 16.9 Å². The highest BCUT2D eigenvalue weighted by molar-refractivity contribution is 6.30. The zero-order valence-corrected chi connectivity index (χ0v) is 16.7. The van der Waals surface area contributed by atoms with Crippen LogP contribution in [0, 0.1) is 0 Å². The summed E-state index contributed by atoms with van der Waals surface area (Å²) in [5, 5.41) is 0.589. The number of benzene rings is 2. The molecule has 29 heavy (non-hydrogen) atoms. The molecule has 1 aliphatic heterocycles.